The molecule has 0 saturated carbocycles. The molecule has 236 valence electrons. The molecule has 0 aliphatic carbocycles. The Hall–Kier alpha value is -1.37. The van der Waals surface area contributed by atoms with E-state index in [9.17, 15) is 38.5 Å². The number of nitrogens with one attached hydrogen (secondary N) is 3. The fourth-order valence-electron chi connectivity index (χ4n) is 3.72. The summed E-state index contributed by atoms with van der Waals surface area (Å²) in [5.41, 5.74) is -5.07. The number of H-pyrrole nitrogens is 1. The zero-order valence-corrected chi connectivity index (χ0v) is 25.6. The monoisotopic (exact) mass is 652 g/mol. The van der Waals surface area contributed by atoms with Crippen LogP contribution in [0.4, 0.5) is 8.78 Å². The Balaban J connectivity index is 2.41. The molecule has 41 heavy (non-hydrogen) atoms. The van der Waals surface area contributed by atoms with Gasteiger partial charge in [0.15, 0.2) is 24.7 Å². The minimum atomic E-state index is -3.77. The number of rotatable bonds is 14. The topological polar surface area (TPSA) is 194 Å². The van der Waals surface area contributed by atoms with Gasteiger partial charge in [-0.05, 0) is 53.3 Å². The highest BCUT2D eigenvalue weighted by atomic mass is 35.5. The molecule has 2 heterocycles. The van der Waals surface area contributed by atoms with Crippen molar-refractivity contribution in [3.63, 3.8) is 0 Å². The van der Waals surface area contributed by atoms with Crippen molar-refractivity contribution in [3.8, 4) is 0 Å². The normalized spacial score (nSPS) is 26.8. The van der Waals surface area contributed by atoms with Gasteiger partial charge in [-0.25, -0.2) is 23.7 Å². The average Bonchev–Trinajstić information content (AvgIpc) is 3.10. The highest BCUT2D eigenvalue weighted by Gasteiger charge is 2.61. The standard InChI is InChI=1S/C22H36ClF2N4O10PS/c1-9(2)37-18(33)11(5)27-40(41,28-12(6)19(34)38-10(3)4)36-8-22(20(24)25)15(31)14(30)17(39-22)29-7-13(23)16(32)26-21(29)35/h7,9-12,14-15,17-18,20,30-31,33H,8H2,1-6H3,(H,26,32,35)(H2,27,28,41)/t11-,12-,14-,15-,17+,18?,22+,40?/m0/s1. The highest BCUT2D eigenvalue weighted by Crippen LogP contribution is 2.46. The Labute approximate surface area is 244 Å². The van der Waals surface area contributed by atoms with Crippen molar-refractivity contribution in [1.29, 1.82) is 0 Å². The van der Waals surface area contributed by atoms with Crippen LogP contribution in [0.3, 0.4) is 0 Å². The maximum Gasteiger partial charge on any atom is 0.330 e. The minimum absolute atomic E-state index is 0.395. The number of esters is 1. The first-order chi connectivity index (χ1) is 18.8. The predicted octanol–water partition coefficient (Wildman–Crippen LogP) is 0.337. The van der Waals surface area contributed by atoms with Crippen LogP contribution in [0.2, 0.25) is 5.02 Å². The molecule has 1 aromatic heterocycles. The molecule has 0 radical (unpaired) electrons. The fourth-order valence-corrected chi connectivity index (χ4v) is 6.89. The van der Waals surface area contributed by atoms with Gasteiger partial charge in [-0.2, -0.15) is 0 Å². The van der Waals surface area contributed by atoms with Gasteiger partial charge in [-0.15, -0.1) is 0 Å². The van der Waals surface area contributed by atoms with Crippen LogP contribution in [-0.4, -0.2) is 92.3 Å². The van der Waals surface area contributed by atoms with Crippen molar-refractivity contribution in [2.75, 3.05) is 6.61 Å². The van der Waals surface area contributed by atoms with Gasteiger partial charge in [-0.1, -0.05) is 11.6 Å². The molecule has 1 aliphatic heterocycles. The molecule has 14 nitrogen and oxygen atoms in total. The largest absolute Gasteiger partial charge is 0.462 e. The van der Waals surface area contributed by atoms with E-state index in [0.29, 0.717) is 4.57 Å². The van der Waals surface area contributed by atoms with Gasteiger partial charge >= 0.3 is 11.7 Å². The zero-order chi connectivity index (χ0) is 31.4. The number of hydrogen-bond donors (Lipinski definition) is 6. The molecule has 1 aliphatic rings. The number of carbonyl (C=O) groups is 1. The third-order valence-electron chi connectivity index (χ3n) is 5.78. The second-order valence-corrected chi connectivity index (χ2v) is 13.8. The summed E-state index contributed by atoms with van der Waals surface area (Å²) in [6.45, 7) is 4.48. The van der Waals surface area contributed by atoms with Gasteiger partial charge in [0.1, 0.15) is 23.3 Å². The van der Waals surface area contributed by atoms with Crippen molar-refractivity contribution in [2.45, 2.75) is 103 Å². The molecular weight excluding hydrogens is 617 g/mol. The number of alkyl halides is 2. The molecule has 2 rings (SSSR count). The molecular formula is C22H36ClF2N4O10PS. The second kappa shape index (κ2) is 14.4. The van der Waals surface area contributed by atoms with Crippen molar-refractivity contribution in [2.24, 2.45) is 0 Å². The maximum absolute atomic E-state index is 14.6. The molecule has 6 N–H and O–H groups in total. The van der Waals surface area contributed by atoms with E-state index in [2.05, 4.69) is 10.2 Å². The third kappa shape index (κ3) is 8.83. The first-order valence-electron chi connectivity index (χ1n) is 12.5. The summed E-state index contributed by atoms with van der Waals surface area (Å²) in [5, 5.41) is 36.6. The van der Waals surface area contributed by atoms with Gasteiger partial charge < -0.3 is 34.1 Å². The summed E-state index contributed by atoms with van der Waals surface area (Å²) < 4.78 is 51.2. The number of aromatic amines is 1. The van der Waals surface area contributed by atoms with Crippen molar-refractivity contribution >= 4 is 35.9 Å². The SMILES string of the molecule is CC(C)OC(=O)[C@H](C)NP(=S)(N[C@@H](C)C(O)OC(C)C)OC[C@@]1(C(F)F)O[C@@H](n2cc(Cl)c(=O)[nH]c2=O)[C@@H](O)[C@@H]1O. The van der Waals surface area contributed by atoms with Crippen molar-refractivity contribution < 1.29 is 47.6 Å². The van der Waals surface area contributed by atoms with E-state index in [1.807, 2.05) is 4.98 Å². The second-order valence-electron chi connectivity index (χ2n) is 10.00. The van der Waals surface area contributed by atoms with E-state index < -0.39 is 96.5 Å². The van der Waals surface area contributed by atoms with Crippen LogP contribution < -0.4 is 21.4 Å². The predicted molar refractivity (Wildman–Crippen MR) is 146 cm³/mol. The zero-order valence-electron chi connectivity index (χ0n) is 23.1. The molecule has 0 spiro atoms. The Morgan fingerprint density at radius 1 is 1.22 bits per heavy atom. The van der Waals surface area contributed by atoms with Crippen molar-refractivity contribution in [3.05, 3.63) is 32.1 Å². The lowest BCUT2D eigenvalue weighted by Gasteiger charge is -2.36. The van der Waals surface area contributed by atoms with Gasteiger partial charge in [0.25, 0.3) is 12.0 Å². The van der Waals surface area contributed by atoms with E-state index in [-0.39, 0.29) is 0 Å². The summed E-state index contributed by atoms with van der Waals surface area (Å²) in [6, 6.07) is -2.08. The number of aromatic nitrogens is 2. The smallest absolute Gasteiger partial charge is 0.330 e. The Morgan fingerprint density at radius 3 is 2.37 bits per heavy atom. The Kier molecular flexibility index (Phi) is 12.6. The first-order valence-corrected chi connectivity index (χ1v) is 15.6. The third-order valence-corrected chi connectivity index (χ3v) is 8.96. The number of aliphatic hydroxyl groups excluding tert-OH is 3. The summed E-state index contributed by atoms with van der Waals surface area (Å²) >= 11 is 11.3. The molecule has 2 unspecified atom stereocenters. The molecule has 19 heteroatoms. The van der Waals surface area contributed by atoms with Crippen LogP contribution in [0.1, 0.15) is 47.8 Å². The molecule has 1 fully saturated rings. The van der Waals surface area contributed by atoms with Gasteiger partial charge in [0, 0.05) is 6.20 Å². The maximum atomic E-state index is 14.6. The van der Waals surface area contributed by atoms with E-state index in [1.165, 1.54) is 13.8 Å². The van der Waals surface area contributed by atoms with Crippen LogP contribution in [0.5, 0.6) is 0 Å². The van der Waals surface area contributed by atoms with E-state index in [1.54, 1.807) is 27.7 Å². The van der Waals surface area contributed by atoms with Crippen LogP contribution in [0.25, 0.3) is 0 Å². The highest BCUT2D eigenvalue weighted by molar-refractivity contribution is 8.10. The summed E-state index contributed by atoms with van der Waals surface area (Å²) in [4.78, 5) is 38.2. The number of aliphatic hydroxyl groups is 3. The Morgan fingerprint density at radius 2 is 1.83 bits per heavy atom. The Bertz CT molecular complexity index is 1220. The molecule has 0 amide bonds. The molecule has 0 aromatic carbocycles. The summed E-state index contributed by atoms with van der Waals surface area (Å²) in [5.74, 6) is -0.739. The lowest BCUT2D eigenvalue weighted by atomic mass is 9.96. The van der Waals surface area contributed by atoms with Gasteiger partial charge in [-0.3, -0.25) is 19.1 Å². The van der Waals surface area contributed by atoms with E-state index in [0.717, 1.165) is 6.20 Å². The number of carbonyl (C=O) groups excluding carboxylic acids is 1. The molecule has 0 bridgehead atoms. The lowest BCUT2D eigenvalue weighted by Crippen LogP contribution is -2.53. The van der Waals surface area contributed by atoms with Crippen LogP contribution >= 0.6 is 18.2 Å². The first kappa shape index (κ1) is 35.8. The molecule has 1 aromatic rings. The number of hydrogen-bond acceptors (Lipinski definition) is 11. The van der Waals surface area contributed by atoms with Crippen LogP contribution in [-0.2, 0) is 35.3 Å². The summed E-state index contributed by atoms with van der Waals surface area (Å²) in [6.07, 6.45) is -11.4. The number of ether oxygens (including phenoxy) is 3. The average molecular weight is 653 g/mol. The van der Waals surface area contributed by atoms with Crippen LogP contribution in [0, 0.1) is 0 Å². The fraction of sp³-hybridized carbons (Fsp3) is 0.773. The molecule has 1 saturated heterocycles. The number of halogens is 3. The summed E-state index contributed by atoms with van der Waals surface area (Å²) in [7, 11) is 0. The van der Waals surface area contributed by atoms with Crippen LogP contribution in [0.15, 0.2) is 15.8 Å². The van der Waals surface area contributed by atoms with E-state index in [4.69, 9.17) is 42.1 Å². The van der Waals surface area contributed by atoms with Gasteiger partial charge in [0.05, 0.1) is 24.9 Å². The number of nitrogens with zero attached hydrogens (tertiary/aromatic N) is 1. The lowest BCUT2D eigenvalue weighted by molar-refractivity contribution is -0.191. The van der Waals surface area contributed by atoms with E-state index >= 15 is 0 Å². The van der Waals surface area contributed by atoms with Gasteiger partial charge in [0.2, 0.25) is 0 Å². The minimum Gasteiger partial charge on any atom is -0.462 e. The quantitative estimate of drug-likeness (QED) is 0.0916. The van der Waals surface area contributed by atoms with Crippen molar-refractivity contribution in [1.82, 2.24) is 19.7 Å². The molecule has 8 atom stereocenters.